The number of hydrogen-bond donors (Lipinski definition) is 0. The third-order valence-corrected chi connectivity index (χ3v) is 4.17. The van der Waals surface area contributed by atoms with Crippen LogP contribution >= 0.6 is 0 Å². The van der Waals surface area contributed by atoms with Crippen molar-refractivity contribution in [1.82, 2.24) is 9.88 Å². The number of aromatic nitrogens is 1. The quantitative estimate of drug-likeness (QED) is 0.840. The van der Waals surface area contributed by atoms with E-state index in [0.717, 1.165) is 6.54 Å². The molecule has 0 amide bonds. The third-order valence-electron chi connectivity index (χ3n) is 4.17. The Labute approximate surface area is 121 Å². The SMILES string of the molecule is Cc1cccc(C2CCCN(Cc3ccncc3)C2)c1. The van der Waals surface area contributed by atoms with Crippen LogP contribution in [0, 0.1) is 6.92 Å². The summed E-state index contributed by atoms with van der Waals surface area (Å²) in [6, 6.07) is 13.2. The molecule has 1 aliphatic rings. The van der Waals surface area contributed by atoms with Crippen molar-refractivity contribution >= 4 is 0 Å². The van der Waals surface area contributed by atoms with Gasteiger partial charge in [-0.25, -0.2) is 0 Å². The summed E-state index contributed by atoms with van der Waals surface area (Å²) in [5, 5.41) is 0. The fraction of sp³-hybridized carbons (Fsp3) is 0.389. The molecule has 1 atom stereocenters. The van der Waals surface area contributed by atoms with Crippen molar-refractivity contribution < 1.29 is 0 Å². The fourth-order valence-corrected chi connectivity index (χ4v) is 3.14. The molecule has 1 aromatic carbocycles. The maximum Gasteiger partial charge on any atom is 0.0271 e. The lowest BCUT2D eigenvalue weighted by molar-refractivity contribution is 0.200. The molecule has 20 heavy (non-hydrogen) atoms. The molecule has 3 rings (SSSR count). The topological polar surface area (TPSA) is 16.1 Å². The zero-order chi connectivity index (χ0) is 13.8. The molecule has 0 spiro atoms. The largest absolute Gasteiger partial charge is 0.298 e. The van der Waals surface area contributed by atoms with Gasteiger partial charge in [0.1, 0.15) is 0 Å². The predicted octanol–water partition coefficient (Wildman–Crippen LogP) is 3.77. The molecular formula is C18H22N2. The van der Waals surface area contributed by atoms with Crippen LogP contribution in [0.2, 0.25) is 0 Å². The first-order valence-electron chi connectivity index (χ1n) is 7.49. The van der Waals surface area contributed by atoms with Crippen molar-refractivity contribution in [2.75, 3.05) is 13.1 Å². The van der Waals surface area contributed by atoms with Crippen LogP contribution < -0.4 is 0 Å². The lowest BCUT2D eigenvalue weighted by Crippen LogP contribution is -2.33. The monoisotopic (exact) mass is 266 g/mol. The first kappa shape index (κ1) is 13.3. The van der Waals surface area contributed by atoms with Gasteiger partial charge < -0.3 is 0 Å². The van der Waals surface area contributed by atoms with Crippen molar-refractivity contribution in [2.45, 2.75) is 32.2 Å². The molecule has 2 aromatic rings. The van der Waals surface area contributed by atoms with Crippen LogP contribution in [0.1, 0.15) is 35.4 Å². The van der Waals surface area contributed by atoms with Gasteiger partial charge in [0, 0.05) is 25.5 Å². The summed E-state index contributed by atoms with van der Waals surface area (Å²) < 4.78 is 0. The van der Waals surface area contributed by atoms with E-state index in [1.165, 1.54) is 42.6 Å². The number of benzene rings is 1. The lowest BCUT2D eigenvalue weighted by Gasteiger charge is -2.33. The summed E-state index contributed by atoms with van der Waals surface area (Å²) in [6.07, 6.45) is 6.38. The van der Waals surface area contributed by atoms with Gasteiger partial charge >= 0.3 is 0 Å². The first-order valence-corrected chi connectivity index (χ1v) is 7.49. The zero-order valence-corrected chi connectivity index (χ0v) is 12.1. The van der Waals surface area contributed by atoms with Crippen LogP contribution in [-0.4, -0.2) is 23.0 Å². The van der Waals surface area contributed by atoms with Crippen LogP contribution in [0.25, 0.3) is 0 Å². The Bertz CT molecular complexity index is 550. The molecule has 0 radical (unpaired) electrons. The molecule has 1 saturated heterocycles. The highest BCUT2D eigenvalue weighted by Gasteiger charge is 2.21. The van der Waals surface area contributed by atoms with Crippen LogP contribution in [0.5, 0.6) is 0 Å². The second kappa shape index (κ2) is 6.19. The van der Waals surface area contributed by atoms with E-state index in [4.69, 9.17) is 0 Å². The molecule has 1 aliphatic heterocycles. The summed E-state index contributed by atoms with van der Waals surface area (Å²) in [7, 11) is 0. The van der Waals surface area contributed by atoms with Gasteiger partial charge in [-0.2, -0.15) is 0 Å². The van der Waals surface area contributed by atoms with Gasteiger partial charge in [-0.05, 0) is 55.5 Å². The molecule has 104 valence electrons. The molecule has 1 aromatic heterocycles. The van der Waals surface area contributed by atoms with Crippen molar-refractivity contribution in [3.63, 3.8) is 0 Å². The molecular weight excluding hydrogens is 244 g/mol. The van der Waals surface area contributed by atoms with E-state index >= 15 is 0 Å². The van der Waals surface area contributed by atoms with E-state index in [0.29, 0.717) is 5.92 Å². The number of nitrogens with zero attached hydrogens (tertiary/aromatic N) is 2. The van der Waals surface area contributed by atoms with Gasteiger partial charge in [-0.3, -0.25) is 9.88 Å². The molecule has 2 heteroatoms. The molecule has 1 fully saturated rings. The Morgan fingerprint density at radius 3 is 2.85 bits per heavy atom. The average Bonchev–Trinajstić information content (AvgIpc) is 2.49. The van der Waals surface area contributed by atoms with E-state index < -0.39 is 0 Å². The van der Waals surface area contributed by atoms with Gasteiger partial charge in [0.05, 0.1) is 0 Å². The minimum atomic E-state index is 0.686. The van der Waals surface area contributed by atoms with E-state index in [9.17, 15) is 0 Å². The number of hydrogen-bond acceptors (Lipinski definition) is 2. The Balaban J connectivity index is 1.67. The van der Waals surface area contributed by atoms with Crippen LogP contribution in [0.15, 0.2) is 48.8 Å². The maximum atomic E-state index is 4.09. The minimum absolute atomic E-state index is 0.686. The van der Waals surface area contributed by atoms with E-state index in [2.05, 4.69) is 53.2 Å². The normalized spacial score (nSPS) is 19.9. The lowest BCUT2D eigenvalue weighted by atomic mass is 9.89. The second-order valence-corrected chi connectivity index (χ2v) is 5.84. The summed E-state index contributed by atoms with van der Waals surface area (Å²) in [6.45, 7) is 5.61. The maximum absolute atomic E-state index is 4.09. The Morgan fingerprint density at radius 1 is 1.20 bits per heavy atom. The Morgan fingerprint density at radius 2 is 2.05 bits per heavy atom. The van der Waals surface area contributed by atoms with Crippen molar-refractivity contribution in [3.05, 3.63) is 65.5 Å². The minimum Gasteiger partial charge on any atom is -0.298 e. The molecule has 0 aliphatic carbocycles. The second-order valence-electron chi connectivity index (χ2n) is 5.84. The van der Waals surface area contributed by atoms with E-state index in [1.807, 2.05) is 12.4 Å². The molecule has 0 saturated carbocycles. The molecule has 0 bridgehead atoms. The van der Waals surface area contributed by atoms with Crippen molar-refractivity contribution in [2.24, 2.45) is 0 Å². The summed E-state index contributed by atoms with van der Waals surface area (Å²) in [4.78, 5) is 6.67. The van der Waals surface area contributed by atoms with Gasteiger partial charge in [-0.15, -0.1) is 0 Å². The molecule has 2 nitrogen and oxygen atoms in total. The van der Waals surface area contributed by atoms with Gasteiger partial charge in [0.2, 0.25) is 0 Å². The number of likely N-dealkylation sites (tertiary alicyclic amines) is 1. The molecule has 1 unspecified atom stereocenters. The summed E-state index contributed by atoms with van der Waals surface area (Å²) in [5.41, 5.74) is 4.24. The number of piperidine rings is 1. The van der Waals surface area contributed by atoms with Gasteiger partial charge in [0.15, 0.2) is 0 Å². The van der Waals surface area contributed by atoms with Crippen LogP contribution in [0.4, 0.5) is 0 Å². The summed E-state index contributed by atoms with van der Waals surface area (Å²) >= 11 is 0. The Hall–Kier alpha value is -1.67. The standard InChI is InChI=1S/C18H22N2/c1-15-4-2-5-17(12-15)18-6-3-11-20(14-18)13-16-7-9-19-10-8-16/h2,4-5,7-10,12,18H,3,6,11,13-14H2,1H3. The van der Waals surface area contributed by atoms with Gasteiger partial charge in [-0.1, -0.05) is 29.8 Å². The average molecular weight is 266 g/mol. The number of pyridine rings is 1. The highest BCUT2D eigenvalue weighted by Crippen LogP contribution is 2.28. The van der Waals surface area contributed by atoms with Gasteiger partial charge in [0.25, 0.3) is 0 Å². The first-order chi connectivity index (χ1) is 9.81. The highest BCUT2D eigenvalue weighted by molar-refractivity contribution is 5.26. The Kier molecular flexibility index (Phi) is 4.12. The molecule has 0 N–H and O–H groups in total. The summed E-state index contributed by atoms with van der Waals surface area (Å²) in [5.74, 6) is 0.686. The smallest absolute Gasteiger partial charge is 0.0271 e. The van der Waals surface area contributed by atoms with Crippen molar-refractivity contribution in [3.8, 4) is 0 Å². The number of rotatable bonds is 3. The van der Waals surface area contributed by atoms with E-state index in [-0.39, 0.29) is 0 Å². The van der Waals surface area contributed by atoms with E-state index in [1.54, 1.807) is 0 Å². The van der Waals surface area contributed by atoms with Crippen LogP contribution in [0.3, 0.4) is 0 Å². The third kappa shape index (κ3) is 3.26. The highest BCUT2D eigenvalue weighted by atomic mass is 15.1. The number of aryl methyl sites for hydroxylation is 1. The zero-order valence-electron chi connectivity index (χ0n) is 12.1. The predicted molar refractivity (Wildman–Crippen MR) is 82.7 cm³/mol. The van der Waals surface area contributed by atoms with Crippen LogP contribution in [-0.2, 0) is 6.54 Å². The fourth-order valence-electron chi connectivity index (χ4n) is 3.14. The molecule has 2 heterocycles. The van der Waals surface area contributed by atoms with Crippen molar-refractivity contribution in [1.29, 1.82) is 0 Å².